The lowest BCUT2D eigenvalue weighted by atomic mass is 10.0. The summed E-state index contributed by atoms with van der Waals surface area (Å²) in [6.45, 7) is 4.79. The van der Waals surface area contributed by atoms with Crippen molar-refractivity contribution in [3.63, 3.8) is 0 Å². The lowest BCUT2D eigenvalue weighted by molar-refractivity contribution is 0.0636. The van der Waals surface area contributed by atoms with Crippen molar-refractivity contribution < 1.29 is 9.53 Å². The highest BCUT2D eigenvalue weighted by atomic mass is 35.5. The fraction of sp³-hybridized carbons (Fsp3) is 0.348. The molecule has 1 amide bonds. The monoisotopic (exact) mass is 424 g/mol. The zero-order chi connectivity index (χ0) is 21.3. The molecule has 0 radical (unpaired) electrons. The van der Waals surface area contributed by atoms with Crippen molar-refractivity contribution in [1.82, 2.24) is 14.9 Å². The smallest absolute Gasteiger partial charge is 0.257 e. The number of carbonyl (C=O) groups excluding carboxylic acids is 1. The van der Waals surface area contributed by atoms with Gasteiger partial charge in [-0.25, -0.2) is 9.97 Å². The van der Waals surface area contributed by atoms with Gasteiger partial charge in [0.1, 0.15) is 5.75 Å². The fourth-order valence-corrected chi connectivity index (χ4v) is 4.17. The third kappa shape index (κ3) is 3.92. The average Bonchev–Trinajstić information content (AvgIpc) is 2.74. The highest BCUT2D eigenvalue weighted by Gasteiger charge is 2.27. The number of aromatic nitrogens is 2. The van der Waals surface area contributed by atoms with Crippen LogP contribution in [-0.4, -0.2) is 40.5 Å². The summed E-state index contributed by atoms with van der Waals surface area (Å²) in [6, 6.07) is 9.54. The van der Waals surface area contributed by atoms with Crippen molar-refractivity contribution in [2.75, 3.05) is 19.0 Å². The molecule has 1 fully saturated rings. The Morgan fingerprint density at radius 2 is 2.10 bits per heavy atom. The summed E-state index contributed by atoms with van der Waals surface area (Å²) in [6.07, 6.45) is 4.82. The molecule has 1 aliphatic heterocycles. The summed E-state index contributed by atoms with van der Waals surface area (Å²) in [4.78, 5) is 24.4. The average molecular weight is 425 g/mol. The van der Waals surface area contributed by atoms with Gasteiger partial charge in [-0.15, -0.1) is 0 Å². The van der Waals surface area contributed by atoms with Crippen molar-refractivity contribution in [3.8, 4) is 5.75 Å². The van der Waals surface area contributed by atoms with E-state index >= 15 is 0 Å². The molecule has 0 saturated carbocycles. The summed E-state index contributed by atoms with van der Waals surface area (Å²) in [5.41, 5.74) is 3.46. The Hall–Kier alpha value is -2.86. The number of hydrogen-bond acceptors (Lipinski definition) is 5. The van der Waals surface area contributed by atoms with E-state index in [9.17, 15) is 4.79 Å². The molecule has 4 rings (SSSR count). The number of anilines is 2. The molecule has 1 aliphatic rings. The first kappa shape index (κ1) is 20.4. The molecule has 1 saturated heterocycles. The Morgan fingerprint density at radius 1 is 1.27 bits per heavy atom. The zero-order valence-corrected chi connectivity index (χ0v) is 18.2. The highest BCUT2D eigenvalue weighted by Crippen LogP contribution is 2.34. The highest BCUT2D eigenvalue weighted by molar-refractivity contribution is 6.32. The van der Waals surface area contributed by atoms with Crippen LogP contribution in [-0.2, 0) is 0 Å². The van der Waals surface area contributed by atoms with E-state index in [-0.39, 0.29) is 11.9 Å². The lowest BCUT2D eigenvalue weighted by Crippen LogP contribution is -2.42. The summed E-state index contributed by atoms with van der Waals surface area (Å²) in [5.74, 6) is 0.580. The van der Waals surface area contributed by atoms with Gasteiger partial charge < -0.3 is 15.0 Å². The van der Waals surface area contributed by atoms with Gasteiger partial charge in [-0.3, -0.25) is 4.79 Å². The number of rotatable bonds is 4. The minimum atomic E-state index is -0.0146. The third-order valence-corrected chi connectivity index (χ3v) is 5.88. The van der Waals surface area contributed by atoms with E-state index in [1.807, 2.05) is 30.0 Å². The number of methoxy groups -OCH3 is 1. The molecule has 0 aliphatic carbocycles. The van der Waals surface area contributed by atoms with E-state index in [0.29, 0.717) is 27.7 Å². The molecule has 0 bridgehead atoms. The molecule has 1 atom stereocenters. The number of carbonyl (C=O) groups is 1. The maximum atomic E-state index is 13.5. The molecular formula is C23H25ClN4O2. The Labute approximate surface area is 181 Å². The van der Waals surface area contributed by atoms with Gasteiger partial charge in [-0.05, 0) is 63.4 Å². The number of nitrogens with one attached hydrogen (secondary N) is 1. The predicted octanol–water partition coefficient (Wildman–Crippen LogP) is 5.36. The van der Waals surface area contributed by atoms with E-state index in [1.165, 1.54) is 0 Å². The molecule has 156 valence electrons. The molecular weight excluding hydrogens is 400 g/mol. The number of ether oxygens (including phenoxy) is 1. The Balaban J connectivity index is 1.81. The van der Waals surface area contributed by atoms with Gasteiger partial charge in [0.05, 0.1) is 23.4 Å². The van der Waals surface area contributed by atoms with E-state index in [0.717, 1.165) is 42.6 Å². The van der Waals surface area contributed by atoms with Gasteiger partial charge in [0.15, 0.2) is 5.65 Å². The largest absolute Gasteiger partial charge is 0.495 e. The number of nitrogens with zero attached hydrogens (tertiary/aromatic N) is 3. The number of hydrogen-bond donors (Lipinski definition) is 1. The second-order valence-electron chi connectivity index (χ2n) is 7.69. The van der Waals surface area contributed by atoms with Crippen LogP contribution < -0.4 is 10.1 Å². The molecule has 0 unspecified atom stereocenters. The first-order valence-electron chi connectivity index (χ1n) is 10.2. The number of fused-ring (bicyclic) bond motifs is 1. The van der Waals surface area contributed by atoms with Crippen LogP contribution in [0.5, 0.6) is 5.75 Å². The Morgan fingerprint density at radius 3 is 2.83 bits per heavy atom. The number of pyridine rings is 2. The number of amides is 1. The molecule has 3 heterocycles. The molecule has 0 spiro atoms. The van der Waals surface area contributed by atoms with Crippen LogP contribution in [0.3, 0.4) is 0 Å². The van der Waals surface area contributed by atoms with Gasteiger partial charge in [0.25, 0.3) is 5.91 Å². The van der Waals surface area contributed by atoms with Gasteiger partial charge in [-0.1, -0.05) is 11.6 Å². The van der Waals surface area contributed by atoms with E-state index in [2.05, 4.69) is 22.2 Å². The third-order valence-electron chi connectivity index (χ3n) is 5.58. The molecule has 30 heavy (non-hydrogen) atoms. The minimum Gasteiger partial charge on any atom is -0.495 e. The van der Waals surface area contributed by atoms with Crippen molar-refractivity contribution in [1.29, 1.82) is 0 Å². The van der Waals surface area contributed by atoms with Crippen LogP contribution >= 0.6 is 11.6 Å². The van der Waals surface area contributed by atoms with Crippen LogP contribution in [0.1, 0.15) is 42.2 Å². The van der Waals surface area contributed by atoms with Gasteiger partial charge in [0.2, 0.25) is 0 Å². The molecule has 3 aromatic rings. The second-order valence-corrected chi connectivity index (χ2v) is 8.10. The van der Waals surface area contributed by atoms with Crippen LogP contribution in [0.4, 0.5) is 11.4 Å². The van der Waals surface area contributed by atoms with Crippen molar-refractivity contribution in [2.24, 2.45) is 0 Å². The minimum absolute atomic E-state index is 0.0146. The number of halogens is 1. The fourth-order valence-electron chi connectivity index (χ4n) is 3.91. The van der Waals surface area contributed by atoms with Crippen LogP contribution in [0.15, 0.2) is 36.5 Å². The van der Waals surface area contributed by atoms with Crippen LogP contribution in [0.25, 0.3) is 11.0 Å². The molecule has 7 heteroatoms. The zero-order valence-electron chi connectivity index (χ0n) is 17.4. The number of likely N-dealkylation sites (tertiary alicyclic amines) is 1. The van der Waals surface area contributed by atoms with Gasteiger partial charge in [0, 0.05) is 35.6 Å². The Kier molecular flexibility index (Phi) is 5.77. The van der Waals surface area contributed by atoms with E-state index in [4.69, 9.17) is 16.3 Å². The van der Waals surface area contributed by atoms with E-state index in [1.54, 1.807) is 25.4 Å². The number of aryl methyl sites for hydroxylation is 1. The lowest BCUT2D eigenvalue weighted by Gasteiger charge is -2.34. The maximum absolute atomic E-state index is 13.5. The molecule has 2 aromatic heterocycles. The van der Waals surface area contributed by atoms with Crippen molar-refractivity contribution >= 4 is 39.9 Å². The molecule has 1 aromatic carbocycles. The summed E-state index contributed by atoms with van der Waals surface area (Å²) in [7, 11) is 1.58. The quantitative estimate of drug-likeness (QED) is 0.610. The molecule has 1 N–H and O–H groups in total. The van der Waals surface area contributed by atoms with Crippen molar-refractivity contribution in [2.45, 2.75) is 39.2 Å². The summed E-state index contributed by atoms with van der Waals surface area (Å²) < 4.78 is 5.25. The van der Waals surface area contributed by atoms with Crippen molar-refractivity contribution in [3.05, 3.63) is 52.8 Å². The Bertz CT molecular complexity index is 1100. The maximum Gasteiger partial charge on any atom is 0.257 e. The van der Waals surface area contributed by atoms with E-state index < -0.39 is 0 Å². The SMILES string of the molecule is COc1ccc(Nc2c(C(=O)N3CCCC[C@@H]3C)cnc3nc(C)ccc23)cc1Cl. The van der Waals surface area contributed by atoms with Gasteiger partial charge in [-0.2, -0.15) is 0 Å². The summed E-state index contributed by atoms with van der Waals surface area (Å²) >= 11 is 6.31. The first-order valence-corrected chi connectivity index (χ1v) is 10.5. The molecule has 6 nitrogen and oxygen atoms in total. The normalized spacial score (nSPS) is 16.5. The number of piperidine rings is 1. The van der Waals surface area contributed by atoms with Crippen LogP contribution in [0.2, 0.25) is 5.02 Å². The summed E-state index contributed by atoms with van der Waals surface area (Å²) in [5, 5.41) is 4.68. The topological polar surface area (TPSA) is 67.3 Å². The number of benzene rings is 1. The second kappa shape index (κ2) is 8.48. The van der Waals surface area contributed by atoms with Crippen LogP contribution in [0, 0.1) is 6.92 Å². The van der Waals surface area contributed by atoms with Gasteiger partial charge >= 0.3 is 0 Å². The predicted molar refractivity (Wildman–Crippen MR) is 120 cm³/mol. The first-order chi connectivity index (χ1) is 14.5. The standard InChI is InChI=1S/C23H25ClN4O2/c1-14-7-9-17-21(27-16-8-10-20(30-3)19(24)12-16)18(13-25-22(17)26-14)23(29)28-11-5-4-6-15(28)2/h7-10,12-13,15H,4-6,11H2,1-3H3,(H,25,26,27)/t15-/m0/s1.